The first-order valence-corrected chi connectivity index (χ1v) is 11.7. The van der Waals surface area contributed by atoms with Crippen molar-refractivity contribution in [3.63, 3.8) is 0 Å². The number of amides is 1. The maximum atomic E-state index is 13.3. The van der Waals surface area contributed by atoms with Crippen LogP contribution < -0.4 is 10.2 Å². The highest BCUT2D eigenvalue weighted by Gasteiger charge is 2.35. The molecule has 4 aromatic heterocycles. The summed E-state index contributed by atoms with van der Waals surface area (Å²) in [4.78, 5) is 31.5. The van der Waals surface area contributed by atoms with Crippen molar-refractivity contribution in [1.82, 2.24) is 24.7 Å². The molecule has 0 spiro atoms. The van der Waals surface area contributed by atoms with Crippen molar-refractivity contribution in [1.29, 1.82) is 0 Å². The molecule has 1 aliphatic carbocycles. The minimum atomic E-state index is -0.331. The maximum Gasteiger partial charge on any atom is 0.250 e. The molecule has 0 radical (unpaired) electrons. The highest BCUT2D eigenvalue weighted by Crippen LogP contribution is 2.41. The molecule has 9 heteroatoms. The van der Waals surface area contributed by atoms with Gasteiger partial charge in [-0.25, -0.2) is 9.97 Å². The van der Waals surface area contributed by atoms with Gasteiger partial charge in [0.1, 0.15) is 22.5 Å². The van der Waals surface area contributed by atoms with Crippen LogP contribution in [0, 0.1) is 6.92 Å². The van der Waals surface area contributed by atoms with Crippen LogP contribution in [-0.4, -0.2) is 43.2 Å². The van der Waals surface area contributed by atoms with E-state index in [9.17, 15) is 4.79 Å². The van der Waals surface area contributed by atoms with Crippen LogP contribution in [0.1, 0.15) is 29.0 Å². The van der Waals surface area contributed by atoms with Crippen LogP contribution in [-0.2, 0) is 24.7 Å². The van der Waals surface area contributed by atoms with Gasteiger partial charge >= 0.3 is 0 Å². The number of aryl methyl sites for hydroxylation is 4. The lowest BCUT2D eigenvalue weighted by Gasteiger charge is -2.18. The molecule has 162 valence electrons. The fourth-order valence-electron chi connectivity index (χ4n) is 4.78. The van der Waals surface area contributed by atoms with Crippen molar-refractivity contribution < 1.29 is 4.79 Å². The molecular weight excluding hydrogens is 422 g/mol. The zero-order valence-corrected chi connectivity index (χ0v) is 18.8. The maximum absolute atomic E-state index is 13.3. The fraction of sp³-hybridized carbons (Fsp3) is 0.348. The summed E-state index contributed by atoms with van der Waals surface area (Å²) in [5.41, 5.74) is 3.12. The van der Waals surface area contributed by atoms with Gasteiger partial charge in [-0.2, -0.15) is 5.10 Å². The largest absolute Gasteiger partial charge is 0.358 e. The summed E-state index contributed by atoms with van der Waals surface area (Å²) in [6.45, 7) is 2.59. The summed E-state index contributed by atoms with van der Waals surface area (Å²) in [6, 6.07) is 5.47. The zero-order valence-electron chi connectivity index (χ0n) is 18.0. The molecule has 6 rings (SSSR count). The Morgan fingerprint density at radius 3 is 2.94 bits per heavy atom. The predicted molar refractivity (Wildman–Crippen MR) is 125 cm³/mol. The van der Waals surface area contributed by atoms with E-state index in [0.717, 1.165) is 52.4 Å². The van der Waals surface area contributed by atoms with Gasteiger partial charge in [0.2, 0.25) is 0 Å². The van der Waals surface area contributed by atoms with Gasteiger partial charge in [-0.1, -0.05) is 0 Å². The number of fused-ring (bicyclic) bond motifs is 3. The number of aromatic nitrogens is 5. The SMILES string of the molecule is Cc1cc(N2CCC(Nc3nc(-c4cccnc4)nc4sc5c(c34)CCC5)C2=O)n(C)n1. The van der Waals surface area contributed by atoms with Gasteiger partial charge in [-0.15, -0.1) is 11.3 Å². The van der Waals surface area contributed by atoms with Crippen molar-refractivity contribution >= 4 is 39.1 Å². The van der Waals surface area contributed by atoms with E-state index in [-0.39, 0.29) is 11.9 Å². The van der Waals surface area contributed by atoms with Crippen molar-refractivity contribution in [3.05, 3.63) is 46.7 Å². The lowest BCUT2D eigenvalue weighted by Crippen LogP contribution is -2.34. The van der Waals surface area contributed by atoms with E-state index in [1.165, 1.54) is 10.4 Å². The topological polar surface area (TPSA) is 88.8 Å². The highest BCUT2D eigenvalue weighted by atomic mass is 32.1. The first-order valence-electron chi connectivity index (χ1n) is 10.9. The number of pyridine rings is 1. The van der Waals surface area contributed by atoms with E-state index in [1.807, 2.05) is 37.1 Å². The van der Waals surface area contributed by atoms with Crippen molar-refractivity contribution in [3.8, 4) is 11.4 Å². The Bertz CT molecular complexity index is 1340. The third kappa shape index (κ3) is 3.07. The third-order valence-electron chi connectivity index (χ3n) is 6.25. The van der Waals surface area contributed by atoms with Crippen LogP contribution in [0.2, 0.25) is 0 Å². The molecule has 1 unspecified atom stereocenters. The quantitative estimate of drug-likeness (QED) is 0.517. The highest BCUT2D eigenvalue weighted by molar-refractivity contribution is 7.19. The minimum Gasteiger partial charge on any atom is -0.358 e. The van der Waals surface area contributed by atoms with Crippen LogP contribution in [0.5, 0.6) is 0 Å². The summed E-state index contributed by atoms with van der Waals surface area (Å²) in [6.07, 6.45) is 7.53. The lowest BCUT2D eigenvalue weighted by atomic mass is 10.1. The summed E-state index contributed by atoms with van der Waals surface area (Å²) in [7, 11) is 1.87. The number of nitrogens with zero attached hydrogens (tertiary/aromatic N) is 6. The Morgan fingerprint density at radius 1 is 1.25 bits per heavy atom. The van der Waals surface area contributed by atoms with Gasteiger partial charge in [-0.3, -0.25) is 19.4 Å². The van der Waals surface area contributed by atoms with Gasteiger partial charge in [0.25, 0.3) is 5.91 Å². The second-order valence-corrected chi connectivity index (χ2v) is 9.50. The Kier molecular flexibility index (Phi) is 4.46. The Balaban J connectivity index is 1.39. The number of hydrogen-bond donors (Lipinski definition) is 1. The van der Waals surface area contributed by atoms with Gasteiger partial charge in [0, 0.05) is 42.5 Å². The molecule has 0 aromatic carbocycles. The predicted octanol–water partition coefficient (Wildman–Crippen LogP) is 3.50. The molecule has 1 N–H and O–H groups in total. The molecule has 5 heterocycles. The summed E-state index contributed by atoms with van der Waals surface area (Å²) in [5, 5.41) is 8.98. The van der Waals surface area contributed by atoms with Crippen LogP contribution in [0.4, 0.5) is 11.6 Å². The third-order valence-corrected chi connectivity index (χ3v) is 7.44. The Morgan fingerprint density at radius 2 is 2.16 bits per heavy atom. The smallest absolute Gasteiger partial charge is 0.250 e. The van der Waals surface area contributed by atoms with Crippen LogP contribution in [0.25, 0.3) is 21.6 Å². The molecule has 1 saturated heterocycles. The van der Waals surface area contributed by atoms with Crippen molar-refractivity contribution in [2.24, 2.45) is 7.05 Å². The molecule has 1 atom stereocenters. The van der Waals surface area contributed by atoms with E-state index in [1.54, 1.807) is 28.4 Å². The second kappa shape index (κ2) is 7.37. The molecular formula is C23H23N7OS. The minimum absolute atomic E-state index is 0.0505. The van der Waals surface area contributed by atoms with Crippen LogP contribution >= 0.6 is 11.3 Å². The van der Waals surface area contributed by atoms with Crippen LogP contribution in [0.3, 0.4) is 0 Å². The second-order valence-electron chi connectivity index (χ2n) is 8.42. The molecule has 8 nitrogen and oxygen atoms in total. The molecule has 4 aromatic rings. The first-order chi connectivity index (χ1) is 15.6. The number of thiophene rings is 1. The first kappa shape index (κ1) is 19.4. The average Bonchev–Trinajstić information content (AvgIpc) is 3.53. The number of hydrogen-bond acceptors (Lipinski definition) is 7. The molecule has 1 aliphatic heterocycles. The fourth-order valence-corrected chi connectivity index (χ4v) is 6.04. The number of nitrogens with one attached hydrogen (secondary N) is 1. The van der Waals surface area contributed by atoms with Crippen LogP contribution in [0.15, 0.2) is 30.6 Å². The lowest BCUT2D eigenvalue weighted by molar-refractivity contribution is -0.117. The molecule has 1 fully saturated rings. The van der Waals surface area contributed by atoms with Gasteiger partial charge in [-0.05, 0) is 50.3 Å². The van der Waals surface area contributed by atoms with E-state index in [4.69, 9.17) is 9.97 Å². The van der Waals surface area contributed by atoms with Gasteiger partial charge in [0.15, 0.2) is 5.82 Å². The standard InChI is InChI=1S/C23H23N7OS/c1-13-11-18(29(2)28-13)30-10-8-16(23(30)31)25-21-19-15-6-3-7-17(15)32-22(19)27-20(26-21)14-5-4-9-24-12-14/h4-5,9,11-12,16H,3,6-8,10H2,1-2H3,(H,25,26,27). The summed E-state index contributed by atoms with van der Waals surface area (Å²) >= 11 is 1.75. The van der Waals surface area contributed by atoms with E-state index < -0.39 is 0 Å². The van der Waals surface area contributed by atoms with Crippen molar-refractivity contribution in [2.75, 3.05) is 16.8 Å². The molecule has 2 aliphatic rings. The number of carbonyl (C=O) groups is 1. The number of carbonyl (C=O) groups excluding carboxylic acids is 1. The van der Waals surface area contributed by atoms with E-state index in [2.05, 4.69) is 15.4 Å². The van der Waals surface area contributed by atoms with Crippen molar-refractivity contribution in [2.45, 2.75) is 38.6 Å². The van der Waals surface area contributed by atoms with E-state index in [0.29, 0.717) is 18.8 Å². The Hall–Kier alpha value is -3.33. The monoisotopic (exact) mass is 445 g/mol. The number of anilines is 2. The molecule has 32 heavy (non-hydrogen) atoms. The van der Waals surface area contributed by atoms with Gasteiger partial charge < -0.3 is 5.32 Å². The molecule has 0 saturated carbocycles. The summed E-state index contributed by atoms with van der Waals surface area (Å²) < 4.78 is 1.77. The summed E-state index contributed by atoms with van der Waals surface area (Å²) in [5.74, 6) is 2.28. The molecule has 1 amide bonds. The Labute approximate surface area is 189 Å². The van der Waals surface area contributed by atoms with E-state index >= 15 is 0 Å². The average molecular weight is 446 g/mol. The zero-order chi connectivity index (χ0) is 21.8. The number of rotatable bonds is 4. The molecule has 0 bridgehead atoms. The normalized spacial score (nSPS) is 18.0. The van der Waals surface area contributed by atoms with Gasteiger partial charge in [0.05, 0.1) is 11.1 Å².